The van der Waals surface area contributed by atoms with Gasteiger partial charge in [-0.2, -0.15) is 0 Å². The van der Waals surface area contributed by atoms with Crippen LogP contribution in [0.1, 0.15) is 0 Å². The molecule has 57 heavy (non-hydrogen) atoms. The SMILES string of the molecule is [C-]#[N+]c1ccc(-c2ccc(-c3cccc4c3oc3c(-c5cc(-c6cccnc6)cc(-c6nc(-c7ccccc7)nc(-c7ccccc7)n6)c5)cccc34)cc2)cc1. The van der Waals surface area contributed by atoms with Crippen molar-refractivity contribution in [2.45, 2.75) is 0 Å². The van der Waals surface area contributed by atoms with Crippen LogP contribution in [-0.2, 0) is 0 Å². The van der Waals surface area contributed by atoms with E-state index in [0.717, 1.165) is 83.1 Å². The van der Waals surface area contributed by atoms with Crippen molar-refractivity contribution < 1.29 is 4.42 Å². The number of hydrogen-bond donors (Lipinski definition) is 0. The molecule has 0 aliphatic heterocycles. The van der Waals surface area contributed by atoms with Crippen LogP contribution in [0, 0.1) is 6.57 Å². The molecule has 0 aliphatic carbocycles. The van der Waals surface area contributed by atoms with Gasteiger partial charge in [0.25, 0.3) is 0 Å². The molecule has 0 fully saturated rings. The highest BCUT2D eigenvalue weighted by Crippen LogP contribution is 2.42. The smallest absolute Gasteiger partial charge is 0.187 e. The van der Waals surface area contributed by atoms with Crippen molar-refractivity contribution in [3.8, 4) is 78.7 Å². The summed E-state index contributed by atoms with van der Waals surface area (Å²) in [4.78, 5) is 23.0. The van der Waals surface area contributed by atoms with Crippen molar-refractivity contribution in [1.29, 1.82) is 0 Å². The highest BCUT2D eigenvalue weighted by atomic mass is 16.3. The van der Waals surface area contributed by atoms with Crippen LogP contribution in [0.4, 0.5) is 5.69 Å². The Morgan fingerprint density at radius 2 is 0.877 bits per heavy atom. The lowest BCUT2D eigenvalue weighted by Gasteiger charge is -2.12. The summed E-state index contributed by atoms with van der Waals surface area (Å²) in [6.45, 7) is 7.28. The Bertz CT molecular complexity index is 3040. The number of fused-ring (bicyclic) bond motifs is 3. The largest absolute Gasteiger partial charge is 0.455 e. The van der Waals surface area contributed by atoms with Crippen LogP contribution in [0.2, 0.25) is 0 Å². The Labute approximate surface area is 329 Å². The Morgan fingerprint density at radius 1 is 0.386 bits per heavy atom. The molecule has 0 saturated heterocycles. The molecular weight excluding hydrogens is 699 g/mol. The lowest BCUT2D eigenvalue weighted by atomic mass is 9.95. The summed E-state index contributed by atoms with van der Waals surface area (Å²) in [5.41, 5.74) is 13.0. The van der Waals surface area contributed by atoms with Crippen LogP contribution in [0.3, 0.4) is 0 Å². The molecule has 3 heterocycles. The molecule has 0 aliphatic rings. The van der Waals surface area contributed by atoms with Crippen LogP contribution in [0.15, 0.2) is 193 Å². The van der Waals surface area contributed by atoms with Crippen LogP contribution in [0.5, 0.6) is 0 Å². The molecule has 0 N–H and O–H groups in total. The summed E-state index contributed by atoms with van der Waals surface area (Å²) in [6, 6.07) is 59.4. The number of pyridine rings is 1. The van der Waals surface area contributed by atoms with Crippen molar-refractivity contribution >= 4 is 27.6 Å². The zero-order valence-corrected chi connectivity index (χ0v) is 30.5. The molecule has 0 unspecified atom stereocenters. The first kappa shape index (κ1) is 33.6. The second kappa shape index (κ2) is 14.3. The van der Waals surface area contributed by atoms with E-state index in [-0.39, 0.29) is 0 Å². The predicted octanol–water partition coefficient (Wildman–Crippen LogP) is 13.4. The van der Waals surface area contributed by atoms with E-state index in [1.54, 1.807) is 6.20 Å². The number of aromatic nitrogens is 4. The Morgan fingerprint density at radius 3 is 1.44 bits per heavy atom. The van der Waals surface area contributed by atoms with Gasteiger partial charge in [0.1, 0.15) is 11.2 Å². The van der Waals surface area contributed by atoms with Gasteiger partial charge in [0.05, 0.1) is 6.57 Å². The fourth-order valence-corrected chi connectivity index (χ4v) is 7.40. The van der Waals surface area contributed by atoms with E-state index in [0.29, 0.717) is 23.2 Å². The third-order valence-corrected chi connectivity index (χ3v) is 10.2. The fourth-order valence-electron chi connectivity index (χ4n) is 7.40. The molecule has 7 aromatic carbocycles. The van der Waals surface area contributed by atoms with E-state index in [9.17, 15) is 0 Å². The highest BCUT2D eigenvalue weighted by Gasteiger charge is 2.19. The van der Waals surface area contributed by atoms with Gasteiger partial charge in [-0.05, 0) is 52.1 Å². The topological polar surface area (TPSA) is 69.1 Å². The van der Waals surface area contributed by atoms with Crippen LogP contribution in [0.25, 0.3) is 105 Å². The molecule has 6 nitrogen and oxygen atoms in total. The van der Waals surface area contributed by atoms with E-state index in [2.05, 4.69) is 94.8 Å². The van der Waals surface area contributed by atoms with Crippen molar-refractivity contribution in [1.82, 2.24) is 19.9 Å². The van der Waals surface area contributed by atoms with E-state index in [4.69, 9.17) is 25.9 Å². The molecule has 3 aromatic heterocycles. The van der Waals surface area contributed by atoms with Gasteiger partial charge in [-0.1, -0.05) is 152 Å². The van der Waals surface area contributed by atoms with Gasteiger partial charge < -0.3 is 4.42 Å². The third-order valence-electron chi connectivity index (χ3n) is 10.2. The van der Waals surface area contributed by atoms with Crippen molar-refractivity contribution in [3.05, 3.63) is 200 Å². The molecule has 0 radical (unpaired) electrons. The van der Waals surface area contributed by atoms with Gasteiger partial charge in [-0.25, -0.2) is 19.8 Å². The van der Waals surface area contributed by atoms with Gasteiger partial charge in [0.2, 0.25) is 0 Å². The number of hydrogen-bond acceptors (Lipinski definition) is 5. The van der Waals surface area contributed by atoms with E-state index < -0.39 is 0 Å². The standard InChI is InChI=1S/C51H31N5O/c1-52-42-26-24-34(25-27-42)33-20-22-35(23-21-33)43-16-8-18-45-46-19-9-17-44(48(46)57-47(43)45)40-29-39(38-15-10-28-53-32-38)30-41(31-40)51-55-49(36-11-4-2-5-12-36)54-50(56-51)37-13-6-3-7-14-37/h2-32H. The molecule has 0 bridgehead atoms. The first-order chi connectivity index (χ1) is 28.2. The first-order valence-electron chi connectivity index (χ1n) is 18.6. The van der Waals surface area contributed by atoms with Gasteiger partial charge in [-0.15, -0.1) is 0 Å². The molecule has 0 atom stereocenters. The lowest BCUT2D eigenvalue weighted by Crippen LogP contribution is -2.00. The molecule has 0 saturated carbocycles. The van der Waals surface area contributed by atoms with E-state index >= 15 is 0 Å². The van der Waals surface area contributed by atoms with E-state index in [1.165, 1.54) is 0 Å². The number of benzene rings is 7. The molecule has 0 spiro atoms. The number of rotatable bonds is 7. The van der Waals surface area contributed by atoms with Gasteiger partial charge in [0, 0.05) is 56.5 Å². The summed E-state index contributed by atoms with van der Waals surface area (Å²) in [7, 11) is 0. The normalized spacial score (nSPS) is 11.1. The quantitative estimate of drug-likeness (QED) is 0.153. The number of nitrogens with zero attached hydrogens (tertiary/aromatic N) is 5. The van der Waals surface area contributed by atoms with Gasteiger partial charge in [0.15, 0.2) is 23.2 Å². The second-order valence-corrected chi connectivity index (χ2v) is 13.8. The van der Waals surface area contributed by atoms with Crippen molar-refractivity contribution in [3.63, 3.8) is 0 Å². The van der Waals surface area contributed by atoms with E-state index in [1.807, 2.05) is 97.2 Å². The zero-order chi connectivity index (χ0) is 38.1. The monoisotopic (exact) mass is 729 g/mol. The maximum absolute atomic E-state index is 7.28. The minimum atomic E-state index is 0.569. The maximum atomic E-state index is 7.28. The molecular formula is C51H31N5O. The molecule has 10 aromatic rings. The lowest BCUT2D eigenvalue weighted by molar-refractivity contribution is 0.671. The first-order valence-corrected chi connectivity index (χ1v) is 18.6. The molecule has 0 amide bonds. The van der Waals surface area contributed by atoms with Crippen molar-refractivity contribution in [2.24, 2.45) is 0 Å². The Kier molecular flexibility index (Phi) is 8.44. The van der Waals surface area contributed by atoms with Crippen molar-refractivity contribution in [2.75, 3.05) is 0 Å². The average molecular weight is 730 g/mol. The van der Waals surface area contributed by atoms with Gasteiger partial charge >= 0.3 is 0 Å². The maximum Gasteiger partial charge on any atom is 0.187 e. The third kappa shape index (κ3) is 6.39. The summed E-state index contributed by atoms with van der Waals surface area (Å²) < 4.78 is 6.93. The summed E-state index contributed by atoms with van der Waals surface area (Å²) in [5, 5.41) is 2.08. The summed E-state index contributed by atoms with van der Waals surface area (Å²) >= 11 is 0. The molecule has 10 rings (SSSR count). The van der Waals surface area contributed by atoms with Crippen LogP contribution < -0.4 is 0 Å². The highest BCUT2D eigenvalue weighted by molar-refractivity contribution is 6.13. The van der Waals surface area contributed by atoms with Gasteiger partial charge in [-0.3, -0.25) is 4.98 Å². The molecule has 266 valence electrons. The fraction of sp³-hybridized carbons (Fsp3) is 0. The minimum absolute atomic E-state index is 0.569. The van der Waals surface area contributed by atoms with Crippen LogP contribution >= 0.6 is 0 Å². The zero-order valence-electron chi connectivity index (χ0n) is 30.5. The summed E-state index contributed by atoms with van der Waals surface area (Å²) in [6.07, 6.45) is 3.66. The number of furan rings is 1. The second-order valence-electron chi connectivity index (χ2n) is 13.8. The minimum Gasteiger partial charge on any atom is -0.455 e. The predicted molar refractivity (Wildman–Crippen MR) is 229 cm³/mol. The van der Waals surface area contributed by atoms with Crippen LogP contribution in [-0.4, -0.2) is 19.9 Å². The Balaban J connectivity index is 1.13. The Hall–Kier alpha value is -8.01. The average Bonchev–Trinajstić information content (AvgIpc) is 3.69. The summed E-state index contributed by atoms with van der Waals surface area (Å²) in [5.74, 6) is 1.77. The number of para-hydroxylation sites is 2. The molecule has 6 heteroatoms.